The molecule has 0 fully saturated rings. The molecule has 0 heterocycles. The molecule has 4 nitrogen and oxygen atoms in total. The van der Waals surface area contributed by atoms with Crippen LogP contribution in [0.25, 0.3) is 0 Å². The number of benzene rings is 1. The molecule has 1 atom stereocenters. The lowest BCUT2D eigenvalue weighted by Crippen LogP contribution is -2.20. The van der Waals surface area contributed by atoms with Crippen molar-refractivity contribution in [2.75, 3.05) is 24.7 Å². The zero-order valence-electron chi connectivity index (χ0n) is 11.7. The Kier molecular flexibility index (Phi) is 4.59. The lowest BCUT2D eigenvalue weighted by molar-refractivity contribution is 0.0238. The first-order valence-corrected chi connectivity index (χ1v) is 6.10. The fourth-order valence-corrected chi connectivity index (χ4v) is 1.46. The third-order valence-electron chi connectivity index (χ3n) is 2.98. The second-order valence-electron chi connectivity index (χ2n) is 5.02. The number of nitrogen functional groups attached to an aromatic ring is 1. The van der Waals surface area contributed by atoms with Crippen LogP contribution in [0.1, 0.15) is 31.1 Å². The maximum absolute atomic E-state index is 11.9. The largest absolute Gasteiger partial charge is 0.459 e. The number of ether oxygens (including phenoxy) is 1. The summed E-state index contributed by atoms with van der Waals surface area (Å²) < 4.78 is 5.35. The lowest BCUT2D eigenvalue weighted by Gasteiger charge is -2.18. The van der Waals surface area contributed by atoms with Gasteiger partial charge < -0.3 is 15.4 Å². The Labute approximate surface area is 109 Å². The molecule has 1 aromatic carbocycles. The molecule has 0 aliphatic rings. The summed E-state index contributed by atoms with van der Waals surface area (Å²) in [6.45, 7) is 5.92. The summed E-state index contributed by atoms with van der Waals surface area (Å²) in [6.07, 6.45) is -0.104. The molecule has 0 aliphatic carbocycles. The van der Waals surface area contributed by atoms with Crippen molar-refractivity contribution in [3.63, 3.8) is 0 Å². The molecule has 1 unspecified atom stereocenters. The van der Waals surface area contributed by atoms with E-state index in [-0.39, 0.29) is 12.1 Å². The van der Waals surface area contributed by atoms with Crippen molar-refractivity contribution in [2.45, 2.75) is 26.9 Å². The molecule has 0 saturated carbocycles. The smallest absolute Gasteiger partial charge is 0.338 e. The Morgan fingerprint density at radius 1 is 1.28 bits per heavy atom. The Bertz CT molecular complexity index is 428. The second kappa shape index (κ2) is 5.76. The summed E-state index contributed by atoms with van der Waals surface area (Å²) in [4.78, 5) is 13.8. The van der Waals surface area contributed by atoms with Gasteiger partial charge in [-0.3, -0.25) is 0 Å². The summed E-state index contributed by atoms with van der Waals surface area (Å²) in [6, 6.07) is 5.22. The molecule has 1 aromatic rings. The van der Waals surface area contributed by atoms with Crippen LogP contribution in [-0.4, -0.2) is 26.2 Å². The summed E-state index contributed by atoms with van der Waals surface area (Å²) >= 11 is 0. The van der Waals surface area contributed by atoms with E-state index in [0.717, 1.165) is 5.69 Å². The van der Waals surface area contributed by atoms with E-state index in [1.807, 2.05) is 45.8 Å². The molecular weight excluding hydrogens is 228 g/mol. The van der Waals surface area contributed by atoms with Crippen LogP contribution in [0.2, 0.25) is 0 Å². The van der Waals surface area contributed by atoms with E-state index < -0.39 is 0 Å². The van der Waals surface area contributed by atoms with Gasteiger partial charge in [0, 0.05) is 14.1 Å². The predicted octanol–water partition coefficient (Wildman–Crippen LogP) is 2.54. The van der Waals surface area contributed by atoms with E-state index in [9.17, 15) is 4.79 Å². The van der Waals surface area contributed by atoms with Crippen LogP contribution in [0.5, 0.6) is 0 Å². The molecule has 0 aliphatic heterocycles. The summed E-state index contributed by atoms with van der Waals surface area (Å²) in [5, 5.41) is 0. The van der Waals surface area contributed by atoms with E-state index in [1.54, 1.807) is 12.1 Å². The van der Waals surface area contributed by atoms with Crippen molar-refractivity contribution in [3.05, 3.63) is 23.8 Å². The maximum Gasteiger partial charge on any atom is 0.338 e. The molecule has 1 rings (SSSR count). The van der Waals surface area contributed by atoms with E-state index in [0.29, 0.717) is 17.2 Å². The average Bonchev–Trinajstić information content (AvgIpc) is 2.27. The van der Waals surface area contributed by atoms with Crippen molar-refractivity contribution < 1.29 is 9.53 Å². The standard InChI is InChI=1S/C14H22N2O2/c1-9(2)10(3)18-14(17)11-6-7-13(16(4)5)12(15)8-11/h6-10H,15H2,1-5H3. The number of nitrogens with two attached hydrogens (primary N) is 1. The zero-order chi connectivity index (χ0) is 13.9. The molecule has 18 heavy (non-hydrogen) atoms. The van der Waals surface area contributed by atoms with Gasteiger partial charge in [-0.25, -0.2) is 4.79 Å². The van der Waals surface area contributed by atoms with Crippen LogP contribution in [0, 0.1) is 5.92 Å². The molecule has 0 saturated heterocycles. The molecule has 0 amide bonds. The molecule has 100 valence electrons. The first kappa shape index (κ1) is 14.4. The molecule has 0 spiro atoms. The Hall–Kier alpha value is -1.71. The van der Waals surface area contributed by atoms with E-state index in [1.165, 1.54) is 0 Å². The van der Waals surface area contributed by atoms with Crippen LogP contribution in [0.4, 0.5) is 11.4 Å². The fraction of sp³-hybridized carbons (Fsp3) is 0.500. The van der Waals surface area contributed by atoms with Crippen molar-refractivity contribution in [1.29, 1.82) is 0 Å². The Morgan fingerprint density at radius 2 is 1.89 bits per heavy atom. The quantitative estimate of drug-likeness (QED) is 0.659. The third-order valence-corrected chi connectivity index (χ3v) is 2.98. The highest BCUT2D eigenvalue weighted by molar-refractivity contribution is 5.92. The number of carbonyl (C=O) groups is 1. The van der Waals surface area contributed by atoms with Crippen LogP contribution in [-0.2, 0) is 4.74 Å². The van der Waals surface area contributed by atoms with Crippen molar-refractivity contribution in [2.24, 2.45) is 5.92 Å². The average molecular weight is 250 g/mol. The van der Waals surface area contributed by atoms with Gasteiger partial charge in [0.05, 0.1) is 16.9 Å². The van der Waals surface area contributed by atoms with Crippen molar-refractivity contribution in [3.8, 4) is 0 Å². The van der Waals surface area contributed by atoms with Gasteiger partial charge in [0.2, 0.25) is 0 Å². The van der Waals surface area contributed by atoms with Crippen molar-refractivity contribution in [1.82, 2.24) is 0 Å². The number of hydrogen-bond acceptors (Lipinski definition) is 4. The Balaban J connectivity index is 2.85. The van der Waals surface area contributed by atoms with E-state index >= 15 is 0 Å². The molecule has 2 N–H and O–H groups in total. The van der Waals surface area contributed by atoms with Gasteiger partial charge in [-0.15, -0.1) is 0 Å². The minimum atomic E-state index is -0.326. The number of nitrogens with zero attached hydrogens (tertiary/aromatic N) is 1. The highest BCUT2D eigenvalue weighted by Gasteiger charge is 2.15. The van der Waals surface area contributed by atoms with Crippen LogP contribution in [0.3, 0.4) is 0 Å². The van der Waals surface area contributed by atoms with Crippen LogP contribution >= 0.6 is 0 Å². The zero-order valence-corrected chi connectivity index (χ0v) is 11.7. The fourth-order valence-electron chi connectivity index (χ4n) is 1.46. The number of anilines is 2. The molecule has 0 radical (unpaired) electrons. The SMILES string of the molecule is CC(C)C(C)OC(=O)c1ccc(N(C)C)c(N)c1. The van der Waals surface area contributed by atoms with Crippen LogP contribution in [0.15, 0.2) is 18.2 Å². The molecular formula is C14H22N2O2. The third kappa shape index (κ3) is 3.39. The molecule has 4 heteroatoms. The lowest BCUT2D eigenvalue weighted by atomic mass is 10.1. The topological polar surface area (TPSA) is 55.6 Å². The van der Waals surface area contributed by atoms with Gasteiger partial charge in [0.15, 0.2) is 0 Å². The Morgan fingerprint density at radius 3 is 2.33 bits per heavy atom. The minimum Gasteiger partial charge on any atom is -0.459 e. The predicted molar refractivity (Wildman–Crippen MR) is 74.9 cm³/mol. The maximum atomic E-state index is 11.9. The van der Waals surface area contributed by atoms with E-state index in [4.69, 9.17) is 10.5 Å². The van der Waals surface area contributed by atoms with Crippen LogP contribution < -0.4 is 10.6 Å². The summed E-state index contributed by atoms with van der Waals surface area (Å²) in [5.74, 6) is -0.0273. The first-order chi connectivity index (χ1) is 8.32. The number of rotatable bonds is 4. The van der Waals surface area contributed by atoms with Gasteiger partial charge in [-0.05, 0) is 31.0 Å². The monoisotopic (exact) mass is 250 g/mol. The van der Waals surface area contributed by atoms with Gasteiger partial charge in [-0.1, -0.05) is 13.8 Å². The minimum absolute atomic E-state index is 0.104. The molecule has 0 aromatic heterocycles. The normalized spacial score (nSPS) is 12.3. The highest BCUT2D eigenvalue weighted by Crippen LogP contribution is 2.23. The number of hydrogen-bond donors (Lipinski definition) is 1. The van der Waals surface area contributed by atoms with Crippen molar-refractivity contribution >= 4 is 17.3 Å². The summed E-state index contributed by atoms with van der Waals surface area (Å²) in [7, 11) is 3.81. The van der Waals surface area contributed by atoms with Gasteiger partial charge in [0.1, 0.15) is 6.10 Å². The number of carbonyl (C=O) groups excluding carboxylic acids is 1. The van der Waals surface area contributed by atoms with Gasteiger partial charge in [-0.2, -0.15) is 0 Å². The first-order valence-electron chi connectivity index (χ1n) is 6.10. The highest BCUT2D eigenvalue weighted by atomic mass is 16.5. The number of esters is 1. The van der Waals surface area contributed by atoms with Gasteiger partial charge in [0.25, 0.3) is 0 Å². The van der Waals surface area contributed by atoms with E-state index in [2.05, 4.69) is 0 Å². The van der Waals surface area contributed by atoms with Gasteiger partial charge >= 0.3 is 5.97 Å². The summed E-state index contributed by atoms with van der Waals surface area (Å²) in [5.41, 5.74) is 7.86. The molecule has 0 bridgehead atoms. The second-order valence-corrected chi connectivity index (χ2v) is 5.02.